The molecule has 18 heavy (non-hydrogen) atoms. The Labute approximate surface area is 98.8 Å². The Balaban J connectivity index is 2.21. The van der Waals surface area contributed by atoms with Crippen LogP contribution in [0.15, 0.2) is 12.3 Å². The van der Waals surface area contributed by atoms with Crippen LogP contribution in [0.25, 0.3) is 5.78 Å². The number of nitrogens with one attached hydrogen (secondary N) is 1. The van der Waals surface area contributed by atoms with Gasteiger partial charge in [-0.2, -0.15) is 18.2 Å². The van der Waals surface area contributed by atoms with Crippen molar-refractivity contribution in [2.75, 3.05) is 6.54 Å². The zero-order valence-electron chi connectivity index (χ0n) is 9.19. The van der Waals surface area contributed by atoms with Crippen molar-refractivity contribution in [3.63, 3.8) is 0 Å². The molecule has 0 aromatic carbocycles. The van der Waals surface area contributed by atoms with Crippen molar-refractivity contribution in [2.45, 2.75) is 13.1 Å². The Hall–Kier alpha value is -2.19. The summed E-state index contributed by atoms with van der Waals surface area (Å²) in [7, 11) is 0. The van der Waals surface area contributed by atoms with E-state index in [9.17, 15) is 18.0 Å². The topological polar surface area (TPSA) is 72.2 Å². The first-order chi connectivity index (χ1) is 8.37. The molecule has 6 nitrogen and oxygen atoms in total. The van der Waals surface area contributed by atoms with Gasteiger partial charge in [0.25, 0.3) is 11.7 Å². The van der Waals surface area contributed by atoms with Gasteiger partial charge < -0.3 is 5.32 Å². The van der Waals surface area contributed by atoms with Gasteiger partial charge in [0.15, 0.2) is 0 Å². The quantitative estimate of drug-likeness (QED) is 0.862. The number of amides is 1. The number of hydrogen-bond donors (Lipinski definition) is 1. The maximum absolute atomic E-state index is 11.9. The normalized spacial score (nSPS) is 11.8. The molecule has 9 heteroatoms. The average molecular weight is 259 g/mol. The second-order valence-corrected chi connectivity index (χ2v) is 3.53. The van der Waals surface area contributed by atoms with E-state index in [1.165, 1.54) is 10.7 Å². The lowest BCUT2D eigenvalue weighted by molar-refractivity contribution is -0.123. The first-order valence-electron chi connectivity index (χ1n) is 4.90. The van der Waals surface area contributed by atoms with Gasteiger partial charge in [-0.15, -0.1) is 5.10 Å². The predicted molar refractivity (Wildman–Crippen MR) is 53.9 cm³/mol. The van der Waals surface area contributed by atoms with Crippen molar-refractivity contribution in [3.8, 4) is 0 Å². The summed E-state index contributed by atoms with van der Waals surface area (Å²) in [5, 5.41) is 5.47. The molecule has 2 aromatic rings. The number of halogens is 3. The number of rotatable bonds is 2. The Kier molecular flexibility index (Phi) is 2.89. The van der Waals surface area contributed by atoms with Gasteiger partial charge in [-0.1, -0.05) is 0 Å². The number of alkyl halides is 3. The predicted octanol–water partition coefficient (Wildman–Crippen LogP) is 0.725. The lowest BCUT2D eigenvalue weighted by atomic mass is 10.5. The van der Waals surface area contributed by atoms with Crippen molar-refractivity contribution < 1.29 is 18.0 Å². The summed E-state index contributed by atoms with van der Waals surface area (Å²) in [6, 6.07) is 1.64. The van der Waals surface area contributed by atoms with E-state index in [-0.39, 0.29) is 11.6 Å². The molecule has 0 saturated carbocycles. The van der Waals surface area contributed by atoms with Gasteiger partial charge in [0.05, 0.1) is 0 Å². The highest BCUT2D eigenvalue weighted by Gasteiger charge is 2.28. The lowest BCUT2D eigenvalue weighted by Gasteiger charge is -2.05. The van der Waals surface area contributed by atoms with Gasteiger partial charge >= 0.3 is 6.18 Å². The van der Waals surface area contributed by atoms with Crippen molar-refractivity contribution in [3.05, 3.63) is 23.8 Å². The van der Waals surface area contributed by atoms with E-state index in [4.69, 9.17) is 0 Å². The number of carbonyl (C=O) groups excluding carboxylic acids is 1. The second kappa shape index (κ2) is 4.24. The molecule has 0 aliphatic rings. The van der Waals surface area contributed by atoms with Crippen LogP contribution in [0, 0.1) is 6.92 Å². The number of fused-ring (bicyclic) bond motifs is 1. The molecule has 96 valence electrons. The molecule has 0 atom stereocenters. The van der Waals surface area contributed by atoms with Gasteiger partial charge in [-0.25, -0.2) is 9.50 Å². The molecular weight excluding hydrogens is 251 g/mol. The molecule has 0 unspecified atom stereocenters. The molecule has 0 bridgehead atoms. The Morgan fingerprint density at radius 2 is 2.22 bits per heavy atom. The van der Waals surface area contributed by atoms with Crippen molar-refractivity contribution in [1.82, 2.24) is 24.9 Å². The van der Waals surface area contributed by atoms with Gasteiger partial charge in [-0.3, -0.25) is 4.79 Å². The molecule has 0 aliphatic heterocycles. The number of carbonyl (C=O) groups is 1. The summed E-state index contributed by atoms with van der Waals surface area (Å²) in [6.07, 6.45) is -3.00. The lowest BCUT2D eigenvalue weighted by Crippen LogP contribution is -2.34. The van der Waals surface area contributed by atoms with Crippen molar-refractivity contribution >= 4 is 11.7 Å². The molecule has 0 aliphatic carbocycles. The zero-order valence-corrected chi connectivity index (χ0v) is 9.19. The van der Waals surface area contributed by atoms with E-state index >= 15 is 0 Å². The van der Waals surface area contributed by atoms with Crippen LogP contribution in [0.3, 0.4) is 0 Å². The van der Waals surface area contributed by atoms with E-state index in [0.29, 0.717) is 5.69 Å². The van der Waals surface area contributed by atoms with Crippen LogP contribution in [0.5, 0.6) is 0 Å². The Bertz CT molecular complexity index is 591. The van der Waals surface area contributed by atoms with Crippen LogP contribution in [0.4, 0.5) is 13.2 Å². The van der Waals surface area contributed by atoms with Gasteiger partial charge in [0.1, 0.15) is 6.54 Å². The Morgan fingerprint density at radius 1 is 1.50 bits per heavy atom. The fraction of sp³-hybridized carbons (Fsp3) is 0.333. The Morgan fingerprint density at radius 3 is 2.83 bits per heavy atom. The van der Waals surface area contributed by atoms with E-state index in [2.05, 4.69) is 15.1 Å². The zero-order chi connectivity index (χ0) is 13.3. The van der Waals surface area contributed by atoms with Gasteiger partial charge in [0.2, 0.25) is 5.82 Å². The van der Waals surface area contributed by atoms with E-state index in [1.54, 1.807) is 18.3 Å². The molecule has 1 N–H and O–H groups in total. The monoisotopic (exact) mass is 259 g/mol. The summed E-state index contributed by atoms with van der Waals surface area (Å²) in [5.74, 6) is -1.18. The van der Waals surface area contributed by atoms with Gasteiger partial charge in [0, 0.05) is 11.9 Å². The third kappa shape index (κ3) is 2.55. The highest BCUT2D eigenvalue weighted by atomic mass is 19.4. The number of aryl methyl sites for hydroxylation is 1. The minimum atomic E-state index is -4.47. The summed E-state index contributed by atoms with van der Waals surface area (Å²) < 4.78 is 37.1. The molecule has 2 rings (SSSR count). The van der Waals surface area contributed by atoms with Crippen LogP contribution < -0.4 is 5.32 Å². The number of aromatic nitrogens is 4. The average Bonchev–Trinajstić information content (AvgIpc) is 2.70. The molecular formula is C9H8F3N5O. The van der Waals surface area contributed by atoms with Crippen LogP contribution >= 0.6 is 0 Å². The number of nitrogens with zero attached hydrogens (tertiary/aromatic N) is 4. The van der Waals surface area contributed by atoms with Crippen molar-refractivity contribution in [1.29, 1.82) is 0 Å². The summed E-state index contributed by atoms with van der Waals surface area (Å²) >= 11 is 0. The fourth-order valence-electron chi connectivity index (χ4n) is 1.26. The second-order valence-electron chi connectivity index (χ2n) is 3.53. The van der Waals surface area contributed by atoms with Crippen molar-refractivity contribution in [2.24, 2.45) is 0 Å². The standard InChI is InChI=1S/C9H8F3N5O/c1-5-2-3-13-8-15-6(16-17(5)8)7(18)14-4-9(10,11)12/h2-3H,4H2,1H3,(H,14,18). The minimum absolute atomic E-state index is 0.159. The maximum Gasteiger partial charge on any atom is 0.405 e. The summed E-state index contributed by atoms with van der Waals surface area (Å²) in [6.45, 7) is 0.286. The van der Waals surface area contributed by atoms with Crippen LogP contribution in [0.1, 0.15) is 16.3 Å². The highest BCUT2D eigenvalue weighted by molar-refractivity contribution is 5.90. The molecule has 0 spiro atoms. The first kappa shape index (κ1) is 12.3. The third-order valence-corrected chi connectivity index (χ3v) is 2.08. The molecule has 0 fully saturated rings. The molecule has 0 saturated heterocycles. The minimum Gasteiger partial charge on any atom is -0.340 e. The van der Waals surface area contributed by atoms with E-state index in [1.807, 2.05) is 0 Å². The van der Waals surface area contributed by atoms with Crippen LogP contribution in [-0.2, 0) is 0 Å². The fourth-order valence-corrected chi connectivity index (χ4v) is 1.26. The smallest absolute Gasteiger partial charge is 0.340 e. The van der Waals surface area contributed by atoms with Gasteiger partial charge in [-0.05, 0) is 13.0 Å². The molecule has 2 heterocycles. The molecule has 2 aromatic heterocycles. The number of hydrogen-bond acceptors (Lipinski definition) is 4. The SMILES string of the molecule is Cc1ccnc2nc(C(=O)NCC(F)(F)F)nn12. The molecule has 1 amide bonds. The molecule has 0 radical (unpaired) electrons. The summed E-state index contributed by atoms with van der Waals surface area (Å²) in [5.41, 5.74) is 0.669. The van der Waals surface area contributed by atoms with Crippen LogP contribution in [0.2, 0.25) is 0 Å². The van der Waals surface area contributed by atoms with E-state index in [0.717, 1.165) is 0 Å². The maximum atomic E-state index is 11.9. The van der Waals surface area contributed by atoms with Crippen LogP contribution in [-0.4, -0.2) is 38.2 Å². The first-order valence-corrected chi connectivity index (χ1v) is 4.90. The summed E-state index contributed by atoms with van der Waals surface area (Å²) in [4.78, 5) is 19.0. The third-order valence-electron chi connectivity index (χ3n) is 2.08. The largest absolute Gasteiger partial charge is 0.405 e. The van der Waals surface area contributed by atoms with E-state index < -0.39 is 18.6 Å². The highest BCUT2D eigenvalue weighted by Crippen LogP contribution is 2.12.